The van der Waals surface area contributed by atoms with E-state index in [9.17, 15) is 0 Å². The molecular formula is C18H20ClIN4. The summed E-state index contributed by atoms with van der Waals surface area (Å²) in [6.45, 7) is 1.36. The lowest BCUT2D eigenvalue weighted by molar-refractivity contribution is 0.799. The van der Waals surface area contributed by atoms with Gasteiger partial charge in [0, 0.05) is 29.8 Å². The number of hydrogen-bond donors (Lipinski definition) is 3. The van der Waals surface area contributed by atoms with E-state index in [-0.39, 0.29) is 24.0 Å². The van der Waals surface area contributed by atoms with Gasteiger partial charge in [0.25, 0.3) is 0 Å². The first-order chi connectivity index (χ1) is 11.2. The highest BCUT2D eigenvalue weighted by Gasteiger charge is 2.02. The Hall–Kier alpha value is -1.73. The van der Waals surface area contributed by atoms with Gasteiger partial charge >= 0.3 is 0 Å². The lowest BCUT2D eigenvalue weighted by Gasteiger charge is -2.11. The number of para-hydroxylation sites is 1. The maximum absolute atomic E-state index is 6.00. The van der Waals surface area contributed by atoms with Crippen LogP contribution in [0.4, 0.5) is 0 Å². The number of aliphatic imine (C=N–C) groups is 1. The first kappa shape index (κ1) is 18.6. The number of halogens is 2. The van der Waals surface area contributed by atoms with Crippen LogP contribution in [0.15, 0.2) is 59.6 Å². The maximum atomic E-state index is 6.00. The third kappa shape index (κ3) is 4.88. The van der Waals surface area contributed by atoms with Gasteiger partial charge in [-0.2, -0.15) is 0 Å². The van der Waals surface area contributed by atoms with Crippen molar-refractivity contribution in [1.82, 2.24) is 15.6 Å². The fraction of sp³-hybridized carbons (Fsp3) is 0.167. The van der Waals surface area contributed by atoms with Crippen molar-refractivity contribution in [2.45, 2.75) is 13.1 Å². The summed E-state index contributed by atoms with van der Waals surface area (Å²) < 4.78 is 0. The van der Waals surface area contributed by atoms with Crippen molar-refractivity contribution in [3.05, 3.63) is 70.9 Å². The number of hydrogen-bond acceptors (Lipinski definition) is 1. The molecule has 0 unspecified atom stereocenters. The molecule has 0 saturated carbocycles. The number of fused-ring (bicyclic) bond motifs is 1. The normalized spacial score (nSPS) is 11.2. The summed E-state index contributed by atoms with van der Waals surface area (Å²) >= 11 is 6.00. The van der Waals surface area contributed by atoms with Crippen molar-refractivity contribution in [3.63, 3.8) is 0 Å². The second-order valence-corrected chi connectivity index (χ2v) is 5.73. The van der Waals surface area contributed by atoms with Crippen molar-refractivity contribution in [1.29, 1.82) is 0 Å². The molecule has 1 heterocycles. The minimum absolute atomic E-state index is 0. The van der Waals surface area contributed by atoms with E-state index in [1.165, 1.54) is 5.39 Å². The van der Waals surface area contributed by atoms with Crippen LogP contribution in [0.25, 0.3) is 10.9 Å². The van der Waals surface area contributed by atoms with Gasteiger partial charge in [0.1, 0.15) is 0 Å². The Kier molecular flexibility index (Phi) is 6.93. The summed E-state index contributed by atoms with van der Waals surface area (Å²) in [4.78, 5) is 7.64. The summed E-state index contributed by atoms with van der Waals surface area (Å²) in [5.74, 6) is 0.753. The zero-order chi connectivity index (χ0) is 16.1. The number of aromatic nitrogens is 1. The smallest absolute Gasteiger partial charge is 0.191 e. The first-order valence-electron chi connectivity index (χ1n) is 7.50. The van der Waals surface area contributed by atoms with E-state index in [0.717, 1.165) is 27.8 Å². The molecule has 0 amide bonds. The Morgan fingerprint density at radius 3 is 2.58 bits per heavy atom. The molecular weight excluding hydrogens is 435 g/mol. The topological polar surface area (TPSA) is 52.2 Å². The maximum Gasteiger partial charge on any atom is 0.191 e. The molecule has 0 aliphatic rings. The van der Waals surface area contributed by atoms with Gasteiger partial charge in [-0.25, -0.2) is 0 Å². The zero-order valence-corrected chi connectivity index (χ0v) is 16.4. The van der Waals surface area contributed by atoms with Gasteiger partial charge in [-0.15, -0.1) is 24.0 Å². The van der Waals surface area contributed by atoms with Gasteiger partial charge < -0.3 is 15.6 Å². The Labute approximate surface area is 163 Å². The van der Waals surface area contributed by atoms with Crippen LogP contribution in [-0.4, -0.2) is 18.0 Å². The third-order valence-corrected chi connectivity index (χ3v) is 3.84. The molecule has 0 aliphatic heterocycles. The highest BCUT2D eigenvalue weighted by atomic mass is 127. The van der Waals surface area contributed by atoms with E-state index >= 15 is 0 Å². The molecule has 0 atom stereocenters. The van der Waals surface area contributed by atoms with E-state index in [1.54, 1.807) is 7.05 Å². The number of nitrogens with zero attached hydrogens (tertiary/aromatic N) is 1. The van der Waals surface area contributed by atoms with E-state index in [1.807, 2.05) is 36.4 Å². The molecule has 0 fully saturated rings. The monoisotopic (exact) mass is 454 g/mol. The molecule has 2 aromatic carbocycles. The number of benzene rings is 2. The predicted octanol–water partition coefficient (Wildman–Crippen LogP) is 4.30. The minimum Gasteiger partial charge on any atom is -0.357 e. The number of H-pyrrole nitrogens is 1. The van der Waals surface area contributed by atoms with Crippen molar-refractivity contribution in [2.75, 3.05) is 7.05 Å². The van der Waals surface area contributed by atoms with E-state index in [4.69, 9.17) is 11.6 Å². The fourth-order valence-electron chi connectivity index (χ4n) is 2.46. The highest BCUT2D eigenvalue weighted by Crippen LogP contribution is 2.14. The van der Waals surface area contributed by atoms with Crippen LogP contribution in [0.3, 0.4) is 0 Å². The summed E-state index contributed by atoms with van der Waals surface area (Å²) in [7, 11) is 1.76. The molecule has 0 aliphatic carbocycles. The zero-order valence-electron chi connectivity index (χ0n) is 13.3. The Morgan fingerprint density at radius 1 is 1.04 bits per heavy atom. The molecule has 126 valence electrons. The van der Waals surface area contributed by atoms with E-state index in [2.05, 4.69) is 38.8 Å². The molecule has 1 aromatic heterocycles. The predicted molar refractivity (Wildman–Crippen MR) is 112 cm³/mol. The van der Waals surface area contributed by atoms with Gasteiger partial charge in [0.2, 0.25) is 0 Å². The van der Waals surface area contributed by atoms with Gasteiger partial charge in [0.05, 0.1) is 6.54 Å². The molecule has 0 spiro atoms. The van der Waals surface area contributed by atoms with E-state index < -0.39 is 0 Å². The van der Waals surface area contributed by atoms with Crippen molar-refractivity contribution >= 4 is 52.4 Å². The lowest BCUT2D eigenvalue weighted by Crippen LogP contribution is -2.36. The number of aromatic amines is 1. The van der Waals surface area contributed by atoms with Crippen LogP contribution in [-0.2, 0) is 13.1 Å². The molecule has 0 bridgehead atoms. The minimum atomic E-state index is 0. The Morgan fingerprint density at radius 2 is 1.83 bits per heavy atom. The summed E-state index contributed by atoms with van der Waals surface area (Å²) in [6.07, 6.45) is 0. The molecule has 3 rings (SSSR count). The third-order valence-electron chi connectivity index (χ3n) is 3.60. The van der Waals surface area contributed by atoms with Crippen LogP contribution in [0.1, 0.15) is 11.3 Å². The largest absolute Gasteiger partial charge is 0.357 e. The average molecular weight is 455 g/mol. The SMILES string of the molecule is CN=C(NCc1cccc(Cl)c1)NCc1cc2ccccc2[nH]1.I. The second-order valence-electron chi connectivity index (χ2n) is 5.29. The van der Waals surface area contributed by atoms with Crippen molar-refractivity contribution in [3.8, 4) is 0 Å². The second kappa shape index (κ2) is 8.94. The van der Waals surface area contributed by atoms with E-state index in [0.29, 0.717) is 13.1 Å². The van der Waals surface area contributed by atoms with Gasteiger partial charge in [0.15, 0.2) is 5.96 Å². The van der Waals surface area contributed by atoms with Gasteiger partial charge in [-0.1, -0.05) is 41.9 Å². The van der Waals surface area contributed by atoms with Crippen LogP contribution in [0, 0.1) is 0 Å². The number of guanidine groups is 1. The number of rotatable bonds is 4. The Bertz CT molecular complexity index is 796. The van der Waals surface area contributed by atoms with Crippen LogP contribution in [0.2, 0.25) is 5.02 Å². The molecule has 0 radical (unpaired) electrons. The first-order valence-corrected chi connectivity index (χ1v) is 7.88. The van der Waals surface area contributed by atoms with Crippen LogP contribution in [0.5, 0.6) is 0 Å². The number of nitrogens with one attached hydrogen (secondary N) is 3. The molecule has 24 heavy (non-hydrogen) atoms. The van der Waals surface area contributed by atoms with Crippen LogP contribution < -0.4 is 10.6 Å². The fourth-order valence-corrected chi connectivity index (χ4v) is 2.67. The molecule has 0 saturated heterocycles. The average Bonchev–Trinajstić information content (AvgIpc) is 2.98. The van der Waals surface area contributed by atoms with Gasteiger partial charge in [-0.3, -0.25) is 4.99 Å². The molecule has 3 aromatic rings. The standard InChI is InChI=1S/C18H19ClN4.HI/c1-20-18(21-11-13-5-4-7-15(19)9-13)22-12-16-10-14-6-2-3-8-17(14)23-16;/h2-10,23H,11-12H2,1H3,(H2,20,21,22);1H. The van der Waals surface area contributed by atoms with Crippen LogP contribution >= 0.6 is 35.6 Å². The van der Waals surface area contributed by atoms with Gasteiger partial charge in [-0.05, 0) is 35.2 Å². The molecule has 4 nitrogen and oxygen atoms in total. The summed E-state index contributed by atoms with van der Waals surface area (Å²) in [5.41, 5.74) is 3.38. The van der Waals surface area contributed by atoms with Crippen molar-refractivity contribution in [2.24, 2.45) is 4.99 Å². The Balaban J connectivity index is 0.00000208. The lowest BCUT2D eigenvalue weighted by atomic mass is 10.2. The summed E-state index contributed by atoms with van der Waals surface area (Å²) in [5, 5.41) is 8.54. The molecule has 6 heteroatoms. The quantitative estimate of drug-likeness (QED) is 0.313. The van der Waals surface area contributed by atoms with Crippen molar-refractivity contribution < 1.29 is 0 Å². The highest BCUT2D eigenvalue weighted by molar-refractivity contribution is 14.0. The molecule has 3 N–H and O–H groups in total. The summed E-state index contributed by atoms with van der Waals surface area (Å²) in [6, 6.07) is 18.2.